The Morgan fingerprint density at radius 2 is 2.00 bits per heavy atom. The first kappa shape index (κ1) is 9.95. The van der Waals surface area contributed by atoms with E-state index in [2.05, 4.69) is 0 Å². The lowest BCUT2D eigenvalue weighted by molar-refractivity contribution is 0.125. The quantitative estimate of drug-likeness (QED) is 0.709. The number of imidazole rings is 1. The zero-order chi connectivity index (χ0) is 10.0. The molecule has 0 radical (unpaired) electrons. The Kier molecular flexibility index (Phi) is 2.85. The molecule has 0 fully saturated rings. The number of hydrogen-bond donors (Lipinski definition) is 0. The number of nitrogens with zero attached hydrogens (tertiary/aromatic N) is 2. The van der Waals surface area contributed by atoms with Crippen LogP contribution in [0.3, 0.4) is 0 Å². The van der Waals surface area contributed by atoms with Crippen LogP contribution >= 0.6 is 0 Å². The molecule has 0 atom stereocenters. The predicted molar refractivity (Wildman–Crippen MR) is 45.1 cm³/mol. The monoisotopic (exact) mass is 190 g/mol. The molecular formula is C8H12F2N2O. The summed E-state index contributed by atoms with van der Waals surface area (Å²) in [6.07, 6.45) is 0.421. The first-order valence-electron chi connectivity index (χ1n) is 4.07. The van der Waals surface area contributed by atoms with Crippen LogP contribution in [-0.2, 0) is 6.54 Å². The third-order valence-corrected chi connectivity index (χ3v) is 1.76. The fourth-order valence-electron chi connectivity index (χ4n) is 1.11. The summed E-state index contributed by atoms with van der Waals surface area (Å²) in [6.45, 7) is 3.13. The molecule has 74 valence electrons. The van der Waals surface area contributed by atoms with Crippen molar-refractivity contribution in [3.05, 3.63) is 22.9 Å². The summed E-state index contributed by atoms with van der Waals surface area (Å²) >= 11 is 0. The Morgan fingerprint density at radius 1 is 1.38 bits per heavy atom. The SMILES string of the molecule is CC(C)n1ccn(CC(F)F)c1=O. The van der Waals surface area contributed by atoms with Gasteiger partial charge in [0.25, 0.3) is 6.43 Å². The largest absolute Gasteiger partial charge is 0.328 e. The van der Waals surface area contributed by atoms with E-state index in [1.54, 1.807) is 0 Å². The molecule has 0 spiro atoms. The maximum atomic E-state index is 11.9. The van der Waals surface area contributed by atoms with E-state index in [0.717, 1.165) is 4.57 Å². The molecule has 1 aromatic rings. The van der Waals surface area contributed by atoms with Gasteiger partial charge in [-0.2, -0.15) is 0 Å². The highest BCUT2D eigenvalue weighted by Gasteiger charge is 2.09. The highest BCUT2D eigenvalue weighted by molar-refractivity contribution is 4.83. The molecule has 1 heterocycles. The van der Waals surface area contributed by atoms with E-state index in [-0.39, 0.29) is 11.7 Å². The molecule has 0 bridgehead atoms. The van der Waals surface area contributed by atoms with Crippen molar-refractivity contribution >= 4 is 0 Å². The molecule has 3 nitrogen and oxygen atoms in total. The van der Waals surface area contributed by atoms with E-state index < -0.39 is 13.0 Å². The summed E-state index contributed by atoms with van der Waals surface area (Å²) in [4.78, 5) is 11.3. The standard InChI is InChI=1S/C8H12F2N2O/c1-6(2)12-4-3-11(8(12)13)5-7(9)10/h3-4,6-7H,5H2,1-2H3. The van der Waals surface area contributed by atoms with Gasteiger partial charge in [0, 0.05) is 18.4 Å². The Labute approximate surface area is 74.6 Å². The van der Waals surface area contributed by atoms with Crippen molar-refractivity contribution in [1.29, 1.82) is 0 Å². The van der Waals surface area contributed by atoms with Crippen LogP contribution in [0, 0.1) is 0 Å². The number of alkyl halides is 2. The molecule has 0 aliphatic rings. The van der Waals surface area contributed by atoms with Crippen LogP contribution in [0.2, 0.25) is 0 Å². The van der Waals surface area contributed by atoms with Gasteiger partial charge in [0.1, 0.15) is 0 Å². The average Bonchev–Trinajstić information content (AvgIpc) is 2.32. The van der Waals surface area contributed by atoms with Crippen LogP contribution in [-0.4, -0.2) is 15.6 Å². The van der Waals surface area contributed by atoms with Crippen LogP contribution in [0.1, 0.15) is 19.9 Å². The summed E-state index contributed by atoms with van der Waals surface area (Å²) in [6, 6.07) is 0.00595. The number of halogens is 2. The van der Waals surface area contributed by atoms with Crippen molar-refractivity contribution in [2.24, 2.45) is 0 Å². The van der Waals surface area contributed by atoms with E-state index in [9.17, 15) is 13.6 Å². The summed E-state index contributed by atoms with van der Waals surface area (Å²) in [5.41, 5.74) is -0.379. The van der Waals surface area contributed by atoms with Gasteiger partial charge in [0.15, 0.2) is 0 Å². The van der Waals surface area contributed by atoms with Crippen LogP contribution in [0.5, 0.6) is 0 Å². The summed E-state index contributed by atoms with van der Waals surface area (Å²) in [5.74, 6) is 0. The molecule has 0 aliphatic carbocycles. The van der Waals surface area contributed by atoms with Crippen molar-refractivity contribution in [2.75, 3.05) is 0 Å². The number of rotatable bonds is 3. The lowest BCUT2D eigenvalue weighted by Crippen LogP contribution is -2.27. The minimum Gasteiger partial charge on any atom is -0.297 e. The molecule has 13 heavy (non-hydrogen) atoms. The molecule has 0 N–H and O–H groups in total. The molecule has 1 aromatic heterocycles. The van der Waals surface area contributed by atoms with Gasteiger partial charge in [-0.1, -0.05) is 0 Å². The Hall–Kier alpha value is -1.13. The normalized spacial score (nSPS) is 11.5. The summed E-state index contributed by atoms with van der Waals surface area (Å²) in [7, 11) is 0. The smallest absolute Gasteiger partial charge is 0.297 e. The first-order valence-corrected chi connectivity index (χ1v) is 4.07. The Morgan fingerprint density at radius 3 is 2.38 bits per heavy atom. The van der Waals surface area contributed by atoms with E-state index in [1.807, 2.05) is 13.8 Å². The molecule has 0 unspecified atom stereocenters. The Balaban J connectivity index is 2.94. The van der Waals surface area contributed by atoms with E-state index in [0.29, 0.717) is 0 Å². The van der Waals surface area contributed by atoms with Gasteiger partial charge in [0.05, 0.1) is 6.54 Å². The van der Waals surface area contributed by atoms with Crippen molar-refractivity contribution in [2.45, 2.75) is 32.9 Å². The van der Waals surface area contributed by atoms with Gasteiger partial charge < -0.3 is 0 Å². The topological polar surface area (TPSA) is 26.9 Å². The van der Waals surface area contributed by atoms with E-state index in [4.69, 9.17) is 0 Å². The highest BCUT2D eigenvalue weighted by Crippen LogP contribution is 2.01. The fraction of sp³-hybridized carbons (Fsp3) is 0.625. The third-order valence-electron chi connectivity index (χ3n) is 1.76. The molecular weight excluding hydrogens is 178 g/mol. The van der Waals surface area contributed by atoms with E-state index >= 15 is 0 Å². The fourth-order valence-corrected chi connectivity index (χ4v) is 1.11. The maximum absolute atomic E-state index is 11.9. The minimum atomic E-state index is -2.49. The predicted octanol–water partition coefficient (Wildman–Crippen LogP) is 1.50. The molecule has 0 aliphatic heterocycles. The van der Waals surface area contributed by atoms with Gasteiger partial charge in [-0.3, -0.25) is 9.13 Å². The average molecular weight is 190 g/mol. The molecule has 1 rings (SSSR count). The number of hydrogen-bond acceptors (Lipinski definition) is 1. The van der Waals surface area contributed by atoms with Crippen molar-refractivity contribution in [3.8, 4) is 0 Å². The molecule has 0 saturated carbocycles. The van der Waals surface area contributed by atoms with Gasteiger partial charge in [-0.05, 0) is 13.8 Å². The third kappa shape index (κ3) is 2.17. The highest BCUT2D eigenvalue weighted by atomic mass is 19.3. The van der Waals surface area contributed by atoms with Crippen molar-refractivity contribution in [1.82, 2.24) is 9.13 Å². The van der Waals surface area contributed by atoms with Gasteiger partial charge >= 0.3 is 5.69 Å². The Bertz CT molecular complexity index is 327. The molecule has 0 amide bonds. The zero-order valence-corrected chi connectivity index (χ0v) is 7.58. The van der Waals surface area contributed by atoms with Crippen LogP contribution in [0.25, 0.3) is 0 Å². The second-order valence-corrected chi connectivity index (χ2v) is 3.13. The minimum absolute atomic E-state index is 0.00595. The van der Waals surface area contributed by atoms with Crippen molar-refractivity contribution < 1.29 is 8.78 Å². The van der Waals surface area contributed by atoms with Gasteiger partial charge in [0.2, 0.25) is 0 Å². The molecule has 0 aromatic carbocycles. The van der Waals surface area contributed by atoms with Crippen LogP contribution in [0.4, 0.5) is 8.78 Å². The summed E-state index contributed by atoms with van der Waals surface area (Å²) in [5, 5.41) is 0. The van der Waals surface area contributed by atoms with E-state index in [1.165, 1.54) is 17.0 Å². The summed E-state index contributed by atoms with van der Waals surface area (Å²) < 4.78 is 26.3. The molecule has 5 heteroatoms. The molecule has 0 saturated heterocycles. The van der Waals surface area contributed by atoms with Crippen molar-refractivity contribution in [3.63, 3.8) is 0 Å². The van der Waals surface area contributed by atoms with Crippen LogP contribution < -0.4 is 5.69 Å². The van der Waals surface area contributed by atoms with Gasteiger partial charge in [-0.15, -0.1) is 0 Å². The first-order chi connectivity index (χ1) is 6.02. The lowest BCUT2D eigenvalue weighted by Gasteiger charge is -2.04. The number of aromatic nitrogens is 2. The second-order valence-electron chi connectivity index (χ2n) is 3.13. The lowest BCUT2D eigenvalue weighted by atomic mass is 10.4. The zero-order valence-electron chi connectivity index (χ0n) is 7.58. The second kappa shape index (κ2) is 3.72. The maximum Gasteiger partial charge on any atom is 0.328 e. The van der Waals surface area contributed by atoms with Gasteiger partial charge in [-0.25, -0.2) is 13.6 Å². The van der Waals surface area contributed by atoms with Crippen LogP contribution in [0.15, 0.2) is 17.2 Å².